The van der Waals surface area contributed by atoms with Crippen LogP contribution in [0.5, 0.6) is 0 Å². The quantitative estimate of drug-likeness (QED) is 0.417. The maximum absolute atomic E-state index is 12.7. The molecule has 0 amide bonds. The molecule has 10 heteroatoms. The van der Waals surface area contributed by atoms with Gasteiger partial charge in [-0.3, -0.25) is 15.0 Å². The van der Waals surface area contributed by atoms with Gasteiger partial charge in [0.15, 0.2) is 0 Å². The summed E-state index contributed by atoms with van der Waals surface area (Å²) in [6.07, 6.45) is 2.17. The van der Waals surface area contributed by atoms with E-state index in [9.17, 15) is 18.4 Å². The zero-order valence-corrected chi connectivity index (χ0v) is 17.9. The minimum Gasteiger partial charge on any atom is -0.303 e. The summed E-state index contributed by atoms with van der Waals surface area (Å²) in [7, 11) is 0. The minimum atomic E-state index is -4.34. The predicted molar refractivity (Wildman–Crippen MR) is 116 cm³/mol. The van der Waals surface area contributed by atoms with E-state index in [1.54, 1.807) is 36.8 Å². The van der Waals surface area contributed by atoms with Crippen molar-refractivity contribution in [3.8, 4) is 23.1 Å². The fraction of sp³-hybridized carbons (Fsp3) is 0.182. The van der Waals surface area contributed by atoms with Crippen LogP contribution in [0.25, 0.3) is 28.1 Å². The number of fused-ring (bicyclic) bond motifs is 1. The number of hydrogen-bond acceptors (Lipinski definition) is 6. The summed E-state index contributed by atoms with van der Waals surface area (Å²) in [6, 6.07) is 9.50. The van der Waals surface area contributed by atoms with E-state index in [1.165, 1.54) is 6.20 Å². The summed E-state index contributed by atoms with van der Waals surface area (Å²) in [6.45, 7) is 2.97. The molecular weight excluding hydrogens is 437 g/mol. The maximum atomic E-state index is 12.7. The van der Waals surface area contributed by atoms with Crippen LogP contribution in [0.15, 0.2) is 60.0 Å². The Hall–Kier alpha value is -3.42. The van der Waals surface area contributed by atoms with Crippen molar-refractivity contribution in [3.63, 3.8) is 0 Å². The average molecular weight is 454 g/mol. The van der Waals surface area contributed by atoms with E-state index in [-0.39, 0.29) is 0 Å². The molecule has 162 valence electrons. The lowest BCUT2D eigenvalue weighted by Crippen LogP contribution is -2.35. The number of aryl methyl sites for hydroxylation is 1. The largest absolute Gasteiger partial charge is 0.404 e. The van der Waals surface area contributed by atoms with Crippen LogP contribution >= 0.6 is 11.9 Å². The van der Waals surface area contributed by atoms with Gasteiger partial charge in [-0.15, -0.1) is 0 Å². The van der Waals surface area contributed by atoms with Crippen molar-refractivity contribution in [1.82, 2.24) is 24.2 Å². The topological polar surface area (TPSA) is 79.4 Å². The zero-order valence-electron chi connectivity index (χ0n) is 17.1. The van der Waals surface area contributed by atoms with Gasteiger partial charge >= 0.3 is 6.18 Å². The van der Waals surface area contributed by atoms with Gasteiger partial charge in [0.2, 0.25) is 0 Å². The van der Waals surface area contributed by atoms with Crippen LogP contribution in [0.1, 0.15) is 18.1 Å². The number of nitrogens with zero attached hydrogens (tertiary/aromatic N) is 5. The lowest BCUT2D eigenvalue weighted by molar-refractivity contribution is -0.146. The highest BCUT2D eigenvalue weighted by molar-refractivity contribution is 7.97. The zero-order chi connectivity index (χ0) is 22.9. The van der Waals surface area contributed by atoms with Crippen LogP contribution in [-0.2, 0) is 0 Å². The third-order valence-corrected chi connectivity index (χ3v) is 5.73. The molecule has 0 spiro atoms. The molecule has 0 bridgehead atoms. The van der Waals surface area contributed by atoms with Gasteiger partial charge in [-0.2, -0.15) is 18.4 Å². The van der Waals surface area contributed by atoms with Crippen molar-refractivity contribution in [2.75, 3.05) is 0 Å². The number of alkyl halides is 3. The molecule has 32 heavy (non-hydrogen) atoms. The number of rotatable bonds is 5. The Bertz CT molecular complexity index is 1290. The van der Waals surface area contributed by atoms with E-state index < -0.39 is 12.2 Å². The van der Waals surface area contributed by atoms with Gasteiger partial charge in [0.1, 0.15) is 23.2 Å². The van der Waals surface area contributed by atoms with E-state index in [0.29, 0.717) is 27.4 Å². The lowest BCUT2D eigenvalue weighted by Gasteiger charge is -2.16. The van der Waals surface area contributed by atoms with E-state index >= 15 is 0 Å². The smallest absolute Gasteiger partial charge is 0.303 e. The van der Waals surface area contributed by atoms with Gasteiger partial charge in [-0.1, -0.05) is 0 Å². The van der Waals surface area contributed by atoms with E-state index in [4.69, 9.17) is 0 Å². The van der Waals surface area contributed by atoms with Gasteiger partial charge in [0, 0.05) is 23.5 Å². The third-order valence-electron chi connectivity index (χ3n) is 4.78. The first kappa shape index (κ1) is 21.8. The molecule has 4 aromatic rings. The second-order valence-electron chi connectivity index (χ2n) is 7.12. The number of nitrogens with one attached hydrogen (secondary N) is 1. The molecule has 0 aliphatic carbocycles. The van der Waals surface area contributed by atoms with Crippen LogP contribution < -0.4 is 4.72 Å². The first-order chi connectivity index (χ1) is 15.3. The Morgan fingerprint density at radius 3 is 2.59 bits per heavy atom. The average Bonchev–Trinajstić information content (AvgIpc) is 3.11. The van der Waals surface area contributed by atoms with Crippen LogP contribution in [-0.4, -0.2) is 31.7 Å². The van der Waals surface area contributed by atoms with Gasteiger partial charge in [-0.05, 0) is 61.7 Å². The van der Waals surface area contributed by atoms with Crippen molar-refractivity contribution in [3.05, 3.63) is 66.2 Å². The van der Waals surface area contributed by atoms with E-state index in [0.717, 1.165) is 35.6 Å². The first-order valence-corrected chi connectivity index (χ1v) is 10.4. The molecule has 0 fully saturated rings. The maximum Gasteiger partial charge on any atom is 0.404 e. The number of hydrogen-bond donors (Lipinski definition) is 1. The summed E-state index contributed by atoms with van der Waals surface area (Å²) < 4.78 is 42.4. The highest BCUT2D eigenvalue weighted by Crippen LogP contribution is 2.35. The fourth-order valence-electron chi connectivity index (χ4n) is 3.17. The molecule has 1 N–H and O–H groups in total. The molecule has 0 aliphatic rings. The SMILES string of the molecule is Cc1cnc2c(C#N)c(-c3ccc(SNC(C)C(F)(F)F)cn3)n(-c3cccnc3)c2c1. The van der Waals surface area contributed by atoms with E-state index in [2.05, 4.69) is 25.7 Å². The van der Waals surface area contributed by atoms with Crippen LogP contribution in [0.2, 0.25) is 0 Å². The van der Waals surface area contributed by atoms with Crippen molar-refractivity contribution in [2.45, 2.75) is 31.0 Å². The first-order valence-electron chi connectivity index (χ1n) is 9.56. The Morgan fingerprint density at radius 2 is 1.97 bits per heavy atom. The van der Waals surface area contributed by atoms with Crippen LogP contribution in [0, 0.1) is 18.3 Å². The normalized spacial score (nSPS) is 12.6. The second kappa shape index (κ2) is 8.61. The second-order valence-corrected chi connectivity index (χ2v) is 8.04. The molecule has 4 aromatic heterocycles. The summed E-state index contributed by atoms with van der Waals surface area (Å²) >= 11 is 0.850. The molecule has 6 nitrogen and oxygen atoms in total. The summed E-state index contributed by atoms with van der Waals surface area (Å²) in [5.74, 6) is 0. The minimum absolute atomic E-state index is 0.362. The van der Waals surface area contributed by atoms with Crippen molar-refractivity contribution in [2.24, 2.45) is 0 Å². The fourth-order valence-corrected chi connectivity index (χ4v) is 3.86. The Balaban J connectivity index is 1.80. The van der Waals surface area contributed by atoms with Crippen molar-refractivity contribution in [1.29, 1.82) is 5.26 Å². The molecule has 0 saturated carbocycles. The number of nitriles is 1. The van der Waals surface area contributed by atoms with Crippen LogP contribution in [0.3, 0.4) is 0 Å². The van der Waals surface area contributed by atoms with Gasteiger partial charge in [-0.25, -0.2) is 4.72 Å². The molecular formula is C22H17F3N6S. The molecule has 4 heterocycles. The van der Waals surface area contributed by atoms with Gasteiger partial charge in [0.25, 0.3) is 0 Å². The lowest BCUT2D eigenvalue weighted by atomic mass is 10.1. The third kappa shape index (κ3) is 4.17. The summed E-state index contributed by atoms with van der Waals surface area (Å²) in [4.78, 5) is 13.6. The van der Waals surface area contributed by atoms with Gasteiger partial charge in [0.05, 0.1) is 28.8 Å². The Morgan fingerprint density at radius 1 is 1.16 bits per heavy atom. The molecule has 0 saturated heterocycles. The molecule has 0 radical (unpaired) electrons. The standard InChI is InChI=1S/C22H17F3N6S/c1-13-8-19-20(29-10-13)17(9-26)21(31(19)15-4-3-7-27-11-15)18-6-5-16(12-28-18)32-30-14(2)22(23,24)25/h3-8,10-12,14,30H,1-2H3. The monoisotopic (exact) mass is 454 g/mol. The van der Waals surface area contributed by atoms with Crippen molar-refractivity contribution >= 4 is 23.0 Å². The number of pyridine rings is 3. The molecule has 0 aromatic carbocycles. The highest BCUT2D eigenvalue weighted by Gasteiger charge is 2.35. The summed E-state index contributed by atoms with van der Waals surface area (Å²) in [5.41, 5.74) is 4.35. The highest BCUT2D eigenvalue weighted by atomic mass is 32.2. The molecule has 0 aliphatic heterocycles. The van der Waals surface area contributed by atoms with Gasteiger partial charge < -0.3 is 4.57 Å². The Labute approximate surface area is 186 Å². The van der Waals surface area contributed by atoms with Crippen molar-refractivity contribution < 1.29 is 13.2 Å². The molecule has 1 unspecified atom stereocenters. The van der Waals surface area contributed by atoms with E-state index in [1.807, 2.05) is 23.6 Å². The number of halogens is 3. The Kier molecular flexibility index (Phi) is 5.86. The molecule has 1 atom stereocenters. The number of aromatic nitrogens is 4. The summed E-state index contributed by atoms with van der Waals surface area (Å²) in [5, 5.41) is 9.92. The molecule has 4 rings (SSSR count). The van der Waals surface area contributed by atoms with Crippen LogP contribution in [0.4, 0.5) is 13.2 Å². The predicted octanol–water partition coefficient (Wildman–Crippen LogP) is 5.21.